The van der Waals surface area contributed by atoms with E-state index in [1.807, 2.05) is 0 Å². The van der Waals surface area contributed by atoms with Gasteiger partial charge in [-0.05, 0) is 17.7 Å². The summed E-state index contributed by atoms with van der Waals surface area (Å²) in [6.45, 7) is 0. The third kappa shape index (κ3) is 1.95. The van der Waals surface area contributed by atoms with Crippen molar-refractivity contribution in [2.24, 2.45) is 0 Å². The van der Waals surface area contributed by atoms with Crippen molar-refractivity contribution in [3.8, 4) is 11.1 Å². The minimum atomic E-state index is -1.48. The van der Waals surface area contributed by atoms with Crippen molar-refractivity contribution in [3.05, 3.63) is 53.4 Å². The van der Waals surface area contributed by atoms with Gasteiger partial charge in [0.2, 0.25) is 0 Å². The van der Waals surface area contributed by atoms with Gasteiger partial charge in [0.15, 0.2) is 23.3 Å². The molecule has 0 amide bonds. The Morgan fingerprint density at radius 3 is 1.83 bits per heavy atom. The second-order valence-corrected chi connectivity index (χ2v) is 3.75. The van der Waals surface area contributed by atoms with E-state index < -0.39 is 40.3 Å². The minimum Gasteiger partial charge on any atom is -0.265 e. The number of nitrogens with zero attached hydrogens (tertiary/aromatic N) is 1. The summed E-state index contributed by atoms with van der Waals surface area (Å²) in [5.74, 6) is -6.53. The summed E-state index contributed by atoms with van der Waals surface area (Å²) in [4.78, 5) is 3.66. The molecule has 0 N–H and O–H groups in total. The van der Waals surface area contributed by atoms with E-state index in [4.69, 9.17) is 11.6 Å². The molecule has 0 atom stereocenters. The van der Waals surface area contributed by atoms with Crippen LogP contribution in [0.15, 0.2) is 24.5 Å². The summed E-state index contributed by atoms with van der Waals surface area (Å²) in [5, 5.41) is 0. The van der Waals surface area contributed by atoms with E-state index in [1.165, 1.54) is 24.5 Å². The predicted octanol–water partition coefficient (Wildman–Crippen LogP) is 4.04. The number of aromatic nitrogens is 1. The third-order valence-corrected chi connectivity index (χ3v) is 2.72. The Hall–Kier alpha value is -1.62. The Balaban J connectivity index is 2.78. The van der Waals surface area contributed by atoms with Crippen molar-refractivity contribution in [3.63, 3.8) is 0 Å². The zero-order chi connectivity index (χ0) is 13.3. The van der Waals surface area contributed by atoms with Crippen LogP contribution >= 0.6 is 11.6 Å². The summed E-state index contributed by atoms with van der Waals surface area (Å²) in [7, 11) is 0. The molecule has 0 radical (unpaired) electrons. The Kier molecular flexibility index (Phi) is 3.52. The second-order valence-electron chi connectivity index (χ2n) is 3.48. The molecular weight excluding hydrogens is 270 g/mol. The van der Waals surface area contributed by atoms with Crippen LogP contribution in [0.2, 0.25) is 0 Å². The number of hydrogen-bond donors (Lipinski definition) is 0. The van der Waals surface area contributed by atoms with Crippen LogP contribution in [-0.4, -0.2) is 4.98 Å². The molecule has 0 aliphatic rings. The summed E-state index contributed by atoms with van der Waals surface area (Å²) in [5.41, 5.74) is -1.58. The fourth-order valence-corrected chi connectivity index (χ4v) is 1.80. The Bertz CT molecular complexity index is 557. The van der Waals surface area contributed by atoms with Gasteiger partial charge >= 0.3 is 0 Å². The molecule has 0 bridgehead atoms. The van der Waals surface area contributed by atoms with Gasteiger partial charge < -0.3 is 0 Å². The minimum absolute atomic E-state index is 0.000998. The van der Waals surface area contributed by atoms with Crippen molar-refractivity contribution < 1.29 is 17.6 Å². The van der Waals surface area contributed by atoms with Crippen LogP contribution in [0.5, 0.6) is 0 Å². The zero-order valence-electron chi connectivity index (χ0n) is 8.85. The monoisotopic (exact) mass is 275 g/mol. The SMILES string of the molecule is Fc1c(F)c(-c2ccncc2)c(F)c(F)c1CCl. The standard InChI is InChI=1S/C12H6ClF4N/c13-5-7-9(14)11(16)8(12(17)10(7)15)6-1-3-18-4-2-6/h1-4H,5H2. The molecule has 0 spiro atoms. The van der Waals surface area contributed by atoms with Gasteiger partial charge in [-0.1, -0.05) is 0 Å². The maximum atomic E-state index is 13.7. The summed E-state index contributed by atoms with van der Waals surface area (Å²) in [6, 6.07) is 2.50. The lowest BCUT2D eigenvalue weighted by Crippen LogP contribution is -2.04. The second kappa shape index (κ2) is 4.94. The molecule has 0 aliphatic carbocycles. The fourth-order valence-electron chi connectivity index (χ4n) is 1.57. The molecule has 2 aromatic rings. The summed E-state index contributed by atoms with van der Waals surface area (Å²) >= 11 is 5.26. The van der Waals surface area contributed by atoms with Crippen molar-refractivity contribution in [1.29, 1.82) is 0 Å². The van der Waals surface area contributed by atoms with Crippen molar-refractivity contribution in [2.75, 3.05) is 0 Å². The molecular formula is C12H6ClF4N. The molecule has 1 aromatic heterocycles. The van der Waals surface area contributed by atoms with Crippen LogP contribution in [0.3, 0.4) is 0 Å². The van der Waals surface area contributed by atoms with Crippen molar-refractivity contribution in [1.82, 2.24) is 4.98 Å². The first kappa shape index (κ1) is 12.8. The maximum absolute atomic E-state index is 13.7. The first-order valence-electron chi connectivity index (χ1n) is 4.89. The molecule has 0 saturated heterocycles. The Morgan fingerprint density at radius 2 is 1.39 bits per heavy atom. The quantitative estimate of drug-likeness (QED) is 0.458. The zero-order valence-corrected chi connectivity index (χ0v) is 9.61. The smallest absolute Gasteiger partial charge is 0.170 e. The molecule has 0 aliphatic heterocycles. The normalized spacial score (nSPS) is 10.7. The van der Waals surface area contributed by atoms with Gasteiger partial charge in [0.1, 0.15) is 0 Å². The van der Waals surface area contributed by atoms with Crippen molar-refractivity contribution >= 4 is 11.6 Å². The highest BCUT2D eigenvalue weighted by atomic mass is 35.5. The topological polar surface area (TPSA) is 12.9 Å². The average molecular weight is 276 g/mol. The van der Waals surface area contributed by atoms with Crippen LogP contribution in [0.4, 0.5) is 17.6 Å². The van der Waals surface area contributed by atoms with Crippen LogP contribution in [0, 0.1) is 23.3 Å². The van der Waals surface area contributed by atoms with Crippen LogP contribution in [-0.2, 0) is 5.88 Å². The number of hydrogen-bond acceptors (Lipinski definition) is 1. The third-order valence-electron chi connectivity index (χ3n) is 2.46. The van der Waals surface area contributed by atoms with Crippen molar-refractivity contribution in [2.45, 2.75) is 5.88 Å². The van der Waals surface area contributed by atoms with Gasteiger partial charge in [-0.25, -0.2) is 17.6 Å². The molecule has 6 heteroatoms. The number of benzene rings is 1. The van der Waals surface area contributed by atoms with Gasteiger partial charge in [-0.3, -0.25) is 4.98 Å². The molecule has 0 fully saturated rings. The maximum Gasteiger partial charge on any atom is 0.170 e. The van der Waals surface area contributed by atoms with E-state index in [0.717, 1.165) is 0 Å². The van der Waals surface area contributed by atoms with E-state index in [1.54, 1.807) is 0 Å². The number of halogens is 5. The summed E-state index contributed by atoms with van der Waals surface area (Å²) < 4.78 is 54.4. The highest BCUT2D eigenvalue weighted by Gasteiger charge is 2.25. The number of alkyl halides is 1. The van der Waals surface area contributed by atoms with Gasteiger partial charge in [-0.15, -0.1) is 11.6 Å². The van der Waals surface area contributed by atoms with E-state index in [-0.39, 0.29) is 5.56 Å². The van der Waals surface area contributed by atoms with E-state index in [9.17, 15) is 17.6 Å². The van der Waals surface area contributed by atoms with E-state index in [0.29, 0.717) is 0 Å². The van der Waals surface area contributed by atoms with Crippen LogP contribution in [0.25, 0.3) is 11.1 Å². The molecule has 0 saturated carbocycles. The lowest BCUT2D eigenvalue weighted by molar-refractivity contribution is 0.448. The number of rotatable bonds is 2. The molecule has 1 heterocycles. The first-order chi connectivity index (χ1) is 8.57. The number of pyridine rings is 1. The largest absolute Gasteiger partial charge is 0.265 e. The molecule has 1 aromatic carbocycles. The summed E-state index contributed by atoms with van der Waals surface area (Å²) in [6.07, 6.45) is 2.53. The Labute approximate surface area is 105 Å². The molecule has 18 heavy (non-hydrogen) atoms. The fraction of sp³-hybridized carbons (Fsp3) is 0.0833. The molecule has 2 rings (SSSR count). The molecule has 94 valence electrons. The highest BCUT2D eigenvalue weighted by molar-refractivity contribution is 6.17. The van der Waals surface area contributed by atoms with Gasteiger partial charge in [0.05, 0.1) is 11.4 Å². The average Bonchev–Trinajstić information content (AvgIpc) is 2.39. The van der Waals surface area contributed by atoms with E-state index >= 15 is 0 Å². The van der Waals surface area contributed by atoms with Gasteiger partial charge in [-0.2, -0.15) is 0 Å². The van der Waals surface area contributed by atoms with Gasteiger partial charge in [0, 0.05) is 18.0 Å². The predicted molar refractivity (Wildman–Crippen MR) is 59.1 cm³/mol. The van der Waals surface area contributed by atoms with E-state index in [2.05, 4.69) is 4.98 Å². The molecule has 1 nitrogen and oxygen atoms in total. The lowest BCUT2D eigenvalue weighted by Gasteiger charge is -2.10. The van der Waals surface area contributed by atoms with Gasteiger partial charge in [0.25, 0.3) is 0 Å². The van der Waals surface area contributed by atoms with Crippen LogP contribution < -0.4 is 0 Å². The lowest BCUT2D eigenvalue weighted by atomic mass is 10.0. The van der Waals surface area contributed by atoms with Crippen LogP contribution in [0.1, 0.15) is 5.56 Å². The highest BCUT2D eigenvalue weighted by Crippen LogP contribution is 2.32. The molecule has 0 unspecified atom stereocenters. The Morgan fingerprint density at radius 1 is 0.889 bits per heavy atom. The first-order valence-corrected chi connectivity index (χ1v) is 5.42.